The molecule has 0 radical (unpaired) electrons. The molecule has 1 aliphatic heterocycles. The molecule has 166 valence electrons. The third-order valence-electron chi connectivity index (χ3n) is 6.16. The molecule has 3 nitrogen and oxygen atoms in total. The average Bonchev–Trinajstić information content (AvgIpc) is 2.82. The highest BCUT2D eigenvalue weighted by Crippen LogP contribution is 2.28. The van der Waals surface area contributed by atoms with Crippen molar-refractivity contribution < 1.29 is 9.18 Å². The van der Waals surface area contributed by atoms with E-state index in [4.69, 9.17) is 11.6 Å². The van der Waals surface area contributed by atoms with E-state index in [1.807, 2.05) is 54.6 Å². The maximum absolute atomic E-state index is 14.3. The molecular formula is C27H28ClFN2O. The number of likely N-dealkylation sites (tertiary alicyclic amines) is 1. The number of carbonyl (C=O) groups excluding carboxylic acids is 1. The molecule has 32 heavy (non-hydrogen) atoms. The first kappa shape index (κ1) is 22.5. The summed E-state index contributed by atoms with van der Waals surface area (Å²) in [6.45, 7) is 3.12. The fourth-order valence-corrected chi connectivity index (χ4v) is 4.45. The summed E-state index contributed by atoms with van der Waals surface area (Å²) >= 11 is 5.92. The molecule has 0 atom stereocenters. The first-order chi connectivity index (χ1) is 15.6. The molecule has 1 fully saturated rings. The lowest BCUT2D eigenvalue weighted by Crippen LogP contribution is -2.40. The minimum atomic E-state index is -0.200. The Hall–Kier alpha value is -2.69. The molecule has 5 heteroatoms. The maximum Gasteiger partial charge on any atom is 0.223 e. The Morgan fingerprint density at radius 3 is 2.31 bits per heavy atom. The lowest BCUT2D eigenvalue weighted by Gasteiger charge is -2.31. The number of nitrogens with one attached hydrogen (secondary N) is 1. The standard InChI is InChI=1S/C27H28ClFN2O/c28-23-11-9-20(10-12-23)13-16-30-27(32)21-14-17-31(18-15-21)19-22-5-1-2-6-24(22)25-7-3-4-8-26(25)29/h1-12,21H,13-19H2,(H,30,32). The molecule has 0 saturated carbocycles. The van der Waals surface area contributed by atoms with E-state index in [1.54, 1.807) is 6.07 Å². The number of hydrogen-bond acceptors (Lipinski definition) is 2. The predicted octanol–water partition coefficient (Wildman–Crippen LogP) is 5.72. The van der Waals surface area contributed by atoms with Gasteiger partial charge in [-0.3, -0.25) is 9.69 Å². The van der Waals surface area contributed by atoms with Crippen LogP contribution in [-0.2, 0) is 17.8 Å². The van der Waals surface area contributed by atoms with Crippen molar-refractivity contribution >= 4 is 17.5 Å². The molecule has 3 aromatic rings. The highest BCUT2D eigenvalue weighted by Gasteiger charge is 2.25. The Morgan fingerprint density at radius 2 is 1.59 bits per heavy atom. The number of halogens is 2. The van der Waals surface area contributed by atoms with Crippen molar-refractivity contribution in [2.45, 2.75) is 25.8 Å². The van der Waals surface area contributed by atoms with E-state index in [0.717, 1.165) is 60.6 Å². The van der Waals surface area contributed by atoms with Gasteiger partial charge in [0.2, 0.25) is 5.91 Å². The first-order valence-electron chi connectivity index (χ1n) is 11.2. The number of benzene rings is 3. The third-order valence-corrected chi connectivity index (χ3v) is 6.41. The molecule has 1 amide bonds. The number of rotatable bonds is 7. The molecule has 0 aromatic heterocycles. The van der Waals surface area contributed by atoms with Crippen molar-refractivity contribution in [2.24, 2.45) is 5.92 Å². The fourth-order valence-electron chi connectivity index (χ4n) is 4.32. The van der Waals surface area contributed by atoms with Crippen molar-refractivity contribution in [1.29, 1.82) is 0 Å². The Kier molecular flexibility index (Phi) is 7.56. The van der Waals surface area contributed by atoms with Crippen LogP contribution in [0.25, 0.3) is 11.1 Å². The van der Waals surface area contributed by atoms with Crippen LogP contribution in [-0.4, -0.2) is 30.4 Å². The average molecular weight is 451 g/mol. The van der Waals surface area contributed by atoms with Crippen LogP contribution in [0.2, 0.25) is 5.02 Å². The van der Waals surface area contributed by atoms with E-state index in [-0.39, 0.29) is 17.6 Å². The van der Waals surface area contributed by atoms with Crippen LogP contribution in [0.4, 0.5) is 4.39 Å². The van der Waals surface area contributed by atoms with E-state index >= 15 is 0 Å². The van der Waals surface area contributed by atoms with Crippen LogP contribution in [0.15, 0.2) is 72.8 Å². The smallest absolute Gasteiger partial charge is 0.223 e. The lowest BCUT2D eigenvalue weighted by molar-refractivity contribution is -0.126. The van der Waals surface area contributed by atoms with Gasteiger partial charge in [0.1, 0.15) is 5.82 Å². The van der Waals surface area contributed by atoms with E-state index in [1.165, 1.54) is 6.07 Å². The summed E-state index contributed by atoms with van der Waals surface area (Å²) in [6.07, 6.45) is 2.48. The molecule has 3 aromatic carbocycles. The van der Waals surface area contributed by atoms with Gasteiger partial charge in [-0.15, -0.1) is 0 Å². The highest BCUT2D eigenvalue weighted by atomic mass is 35.5. The molecule has 1 saturated heterocycles. The van der Waals surface area contributed by atoms with Crippen LogP contribution < -0.4 is 5.32 Å². The van der Waals surface area contributed by atoms with Crippen molar-refractivity contribution in [2.75, 3.05) is 19.6 Å². The number of amides is 1. The predicted molar refractivity (Wildman–Crippen MR) is 128 cm³/mol. The minimum absolute atomic E-state index is 0.0540. The van der Waals surface area contributed by atoms with Crippen LogP contribution in [0.3, 0.4) is 0 Å². The molecule has 0 unspecified atom stereocenters. The van der Waals surface area contributed by atoms with Gasteiger partial charge in [-0.2, -0.15) is 0 Å². The molecule has 4 rings (SSSR count). The molecule has 0 spiro atoms. The van der Waals surface area contributed by atoms with Crippen molar-refractivity contribution in [3.8, 4) is 11.1 Å². The largest absolute Gasteiger partial charge is 0.356 e. The Bertz CT molecular complexity index is 1050. The lowest BCUT2D eigenvalue weighted by atomic mass is 9.94. The van der Waals surface area contributed by atoms with Gasteiger partial charge in [0.05, 0.1) is 0 Å². The number of carbonyl (C=O) groups is 1. The molecular weight excluding hydrogens is 423 g/mol. The minimum Gasteiger partial charge on any atom is -0.356 e. The zero-order chi connectivity index (χ0) is 22.3. The summed E-state index contributed by atoms with van der Waals surface area (Å²) in [6, 6.07) is 22.6. The quantitative estimate of drug-likeness (QED) is 0.499. The van der Waals surface area contributed by atoms with Crippen LogP contribution in [0.5, 0.6) is 0 Å². The van der Waals surface area contributed by atoms with E-state index in [2.05, 4.69) is 16.3 Å². The van der Waals surface area contributed by atoms with Gasteiger partial charge in [0.25, 0.3) is 0 Å². The third kappa shape index (κ3) is 5.76. The topological polar surface area (TPSA) is 32.3 Å². The number of nitrogens with zero attached hydrogens (tertiary/aromatic N) is 1. The van der Waals surface area contributed by atoms with Gasteiger partial charge in [0, 0.05) is 29.6 Å². The monoisotopic (exact) mass is 450 g/mol. The molecule has 1 aliphatic rings. The summed E-state index contributed by atoms with van der Waals surface area (Å²) in [7, 11) is 0. The summed E-state index contributed by atoms with van der Waals surface area (Å²) in [5.74, 6) is -0.00224. The zero-order valence-electron chi connectivity index (χ0n) is 18.1. The van der Waals surface area contributed by atoms with Gasteiger partial charge < -0.3 is 5.32 Å². The highest BCUT2D eigenvalue weighted by molar-refractivity contribution is 6.30. The Morgan fingerprint density at radius 1 is 0.938 bits per heavy atom. The molecule has 0 aliphatic carbocycles. The second-order valence-corrected chi connectivity index (χ2v) is 8.79. The maximum atomic E-state index is 14.3. The van der Waals surface area contributed by atoms with Crippen molar-refractivity contribution in [3.63, 3.8) is 0 Å². The van der Waals surface area contributed by atoms with E-state index < -0.39 is 0 Å². The first-order valence-corrected chi connectivity index (χ1v) is 11.6. The fraction of sp³-hybridized carbons (Fsp3) is 0.296. The molecule has 1 N–H and O–H groups in total. The Labute approximate surface area is 194 Å². The second-order valence-electron chi connectivity index (χ2n) is 8.35. The summed E-state index contributed by atoms with van der Waals surface area (Å²) in [5.41, 5.74) is 3.85. The van der Waals surface area contributed by atoms with Crippen molar-refractivity contribution in [1.82, 2.24) is 10.2 Å². The molecule has 1 heterocycles. The van der Waals surface area contributed by atoms with E-state index in [0.29, 0.717) is 12.1 Å². The van der Waals surface area contributed by atoms with Crippen LogP contribution in [0, 0.1) is 11.7 Å². The Balaban J connectivity index is 1.28. The zero-order valence-corrected chi connectivity index (χ0v) is 18.8. The van der Waals surface area contributed by atoms with Crippen LogP contribution in [0.1, 0.15) is 24.0 Å². The SMILES string of the molecule is O=C(NCCc1ccc(Cl)cc1)C1CCN(Cc2ccccc2-c2ccccc2F)CC1. The van der Waals surface area contributed by atoms with Gasteiger partial charge >= 0.3 is 0 Å². The van der Waals surface area contributed by atoms with Crippen LogP contribution >= 0.6 is 11.6 Å². The second kappa shape index (κ2) is 10.8. The van der Waals surface area contributed by atoms with Gasteiger partial charge in [0.15, 0.2) is 0 Å². The number of piperidine rings is 1. The summed E-state index contributed by atoms with van der Waals surface area (Å²) < 4.78 is 14.3. The number of hydrogen-bond donors (Lipinski definition) is 1. The summed E-state index contributed by atoms with van der Waals surface area (Å²) in [5, 5.41) is 3.81. The van der Waals surface area contributed by atoms with E-state index in [9.17, 15) is 9.18 Å². The summed E-state index contributed by atoms with van der Waals surface area (Å²) in [4.78, 5) is 14.9. The normalized spacial score (nSPS) is 14.9. The van der Waals surface area contributed by atoms with Crippen molar-refractivity contribution in [3.05, 3.63) is 94.8 Å². The van der Waals surface area contributed by atoms with Gasteiger partial charge in [-0.1, -0.05) is 66.2 Å². The van der Waals surface area contributed by atoms with Gasteiger partial charge in [-0.05, 0) is 67.2 Å². The molecule has 0 bridgehead atoms. The van der Waals surface area contributed by atoms with Gasteiger partial charge in [-0.25, -0.2) is 4.39 Å².